The van der Waals surface area contributed by atoms with Crippen LogP contribution in [0.2, 0.25) is 10.3 Å². The molecule has 1 aliphatic heterocycles. The van der Waals surface area contributed by atoms with Gasteiger partial charge in [-0.3, -0.25) is 0 Å². The summed E-state index contributed by atoms with van der Waals surface area (Å²) in [6.45, 7) is 4.72. The molecule has 2 heterocycles. The highest BCUT2D eigenvalue weighted by Gasteiger charge is 2.36. The fourth-order valence-corrected chi connectivity index (χ4v) is 3.24. The average Bonchev–Trinajstić information content (AvgIpc) is 2.86. The van der Waals surface area contributed by atoms with Crippen molar-refractivity contribution in [2.24, 2.45) is 0 Å². The molecule has 1 saturated heterocycles. The Bertz CT molecular complexity index is 659. The molecule has 1 aromatic heterocycles. The smallest absolute Gasteiger partial charge is 0.163 e. The van der Waals surface area contributed by atoms with Crippen molar-refractivity contribution in [2.45, 2.75) is 32.3 Å². The van der Waals surface area contributed by atoms with Gasteiger partial charge in [0, 0.05) is 6.61 Å². The predicted molar refractivity (Wildman–Crippen MR) is 84.8 cm³/mol. The maximum atomic E-state index is 6.37. The molecule has 0 N–H and O–H groups in total. The second-order valence-electron chi connectivity index (χ2n) is 5.56. The van der Waals surface area contributed by atoms with Gasteiger partial charge in [-0.2, -0.15) is 0 Å². The molecule has 0 amide bonds. The monoisotopic (exact) mass is 322 g/mol. The van der Waals surface area contributed by atoms with Gasteiger partial charge in [0.2, 0.25) is 0 Å². The molecule has 21 heavy (non-hydrogen) atoms. The van der Waals surface area contributed by atoms with Crippen molar-refractivity contribution in [1.29, 1.82) is 0 Å². The Morgan fingerprint density at radius 3 is 2.48 bits per heavy atom. The standard InChI is InChI=1S/C16H16Cl2N2O/c1-10-5-3-6-11(9-10)12-13(17)19-15(20-14(12)18)16(2)7-4-8-21-16/h3,5-6,9H,4,7-8H2,1-2H3. The lowest BCUT2D eigenvalue weighted by molar-refractivity contribution is 0.00937. The summed E-state index contributed by atoms with van der Waals surface area (Å²) in [5, 5.41) is 0.736. The number of ether oxygens (including phenoxy) is 1. The number of aromatic nitrogens is 2. The number of hydrogen-bond donors (Lipinski definition) is 0. The van der Waals surface area contributed by atoms with Crippen LogP contribution in [0.1, 0.15) is 31.2 Å². The first kappa shape index (κ1) is 14.8. The molecule has 1 fully saturated rings. The second kappa shape index (κ2) is 5.56. The fourth-order valence-electron chi connectivity index (χ4n) is 2.64. The van der Waals surface area contributed by atoms with E-state index in [0.717, 1.165) is 24.0 Å². The Labute approximate surface area is 134 Å². The zero-order valence-corrected chi connectivity index (χ0v) is 13.5. The van der Waals surface area contributed by atoms with Crippen LogP contribution >= 0.6 is 23.2 Å². The molecule has 110 valence electrons. The molecule has 5 heteroatoms. The summed E-state index contributed by atoms with van der Waals surface area (Å²) >= 11 is 12.7. The van der Waals surface area contributed by atoms with Gasteiger partial charge in [-0.15, -0.1) is 0 Å². The SMILES string of the molecule is Cc1cccc(-c2c(Cl)nc(C3(C)CCCO3)nc2Cl)c1. The summed E-state index contributed by atoms with van der Waals surface area (Å²) < 4.78 is 5.76. The van der Waals surface area contributed by atoms with Gasteiger partial charge < -0.3 is 4.74 Å². The number of halogens is 2. The highest BCUT2D eigenvalue weighted by molar-refractivity contribution is 6.37. The van der Waals surface area contributed by atoms with Crippen LogP contribution in [0.25, 0.3) is 11.1 Å². The van der Waals surface area contributed by atoms with E-state index in [4.69, 9.17) is 27.9 Å². The van der Waals surface area contributed by atoms with E-state index in [1.165, 1.54) is 0 Å². The first-order chi connectivity index (χ1) is 9.99. The van der Waals surface area contributed by atoms with Crippen molar-refractivity contribution in [3.63, 3.8) is 0 Å². The average molecular weight is 323 g/mol. The third kappa shape index (κ3) is 2.78. The lowest BCUT2D eigenvalue weighted by Crippen LogP contribution is -2.23. The van der Waals surface area contributed by atoms with Crippen molar-refractivity contribution in [1.82, 2.24) is 9.97 Å². The van der Waals surface area contributed by atoms with E-state index >= 15 is 0 Å². The van der Waals surface area contributed by atoms with Crippen LogP contribution in [-0.2, 0) is 10.3 Å². The van der Waals surface area contributed by atoms with Crippen molar-refractivity contribution in [2.75, 3.05) is 6.61 Å². The summed E-state index contributed by atoms with van der Waals surface area (Å²) in [4.78, 5) is 8.88. The van der Waals surface area contributed by atoms with Crippen molar-refractivity contribution in [3.05, 3.63) is 46.0 Å². The molecule has 1 aliphatic rings. The molecule has 0 aliphatic carbocycles. The minimum Gasteiger partial charge on any atom is -0.367 e. The summed E-state index contributed by atoms with van der Waals surface area (Å²) in [7, 11) is 0. The van der Waals surface area contributed by atoms with E-state index in [1.807, 2.05) is 38.1 Å². The lowest BCUT2D eigenvalue weighted by Gasteiger charge is -2.22. The maximum absolute atomic E-state index is 6.37. The van der Waals surface area contributed by atoms with E-state index < -0.39 is 5.60 Å². The first-order valence-corrected chi connectivity index (χ1v) is 7.70. The van der Waals surface area contributed by atoms with Crippen LogP contribution in [0.5, 0.6) is 0 Å². The highest BCUT2D eigenvalue weighted by Crippen LogP contribution is 2.38. The van der Waals surface area contributed by atoms with Crippen molar-refractivity contribution in [3.8, 4) is 11.1 Å². The topological polar surface area (TPSA) is 35.0 Å². The lowest BCUT2D eigenvalue weighted by atomic mass is 10.0. The summed E-state index contributed by atoms with van der Waals surface area (Å²) in [5.41, 5.74) is 2.24. The van der Waals surface area contributed by atoms with Crippen LogP contribution in [-0.4, -0.2) is 16.6 Å². The number of benzene rings is 1. The van der Waals surface area contributed by atoms with E-state index in [2.05, 4.69) is 9.97 Å². The molecule has 0 radical (unpaired) electrons. The highest BCUT2D eigenvalue weighted by atomic mass is 35.5. The second-order valence-corrected chi connectivity index (χ2v) is 6.27. The Morgan fingerprint density at radius 2 is 1.90 bits per heavy atom. The molecule has 0 saturated carbocycles. The Balaban J connectivity index is 2.08. The van der Waals surface area contributed by atoms with Gasteiger partial charge >= 0.3 is 0 Å². The van der Waals surface area contributed by atoms with Gasteiger partial charge in [-0.05, 0) is 32.3 Å². The van der Waals surface area contributed by atoms with Gasteiger partial charge in [0.15, 0.2) is 5.82 Å². The van der Waals surface area contributed by atoms with Crippen molar-refractivity contribution < 1.29 is 4.74 Å². The third-order valence-electron chi connectivity index (χ3n) is 3.82. The van der Waals surface area contributed by atoms with E-state index in [1.54, 1.807) is 0 Å². The first-order valence-electron chi connectivity index (χ1n) is 6.94. The molecule has 1 atom stereocenters. The van der Waals surface area contributed by atoms with Crippen molar-refractivity contribution >= 4 is 23.2 Å². The predicted octanol–water partition coefficient (Wildman–Crippen LogP) is 4.78. The van der Waals surface area contributed by atoms with Gasteiger partial charge in [-0.25, -0.2) is 9.97 Å². The molecular formula is C16H16Cl2N2O. The summed E-state index contributed by atoms with van der Waals surface area (Å²) in [6.07, 6.45) is 1.87. The van der Waals surface area contributed by atoms with Gasteiger partial charge in [-0.1, -0.05) is 53.0 Å². The summed E-state index contributed by atoms with van der Waals surface area (Å²) in [6, 6.07) is 7.96. The molecule has 3 rings (SSSR count). The Kier molecular flexibility index (Phi) is 3.91. The van der Waals surface area contributed by atoms with E-state index in [-0.39, 0.29) is 0 Å². The minimum atomic E-state index is -0.488. The quantitative estimate of drug-likeness (QED) is 0.746. The van der Waals surface area contributed by atoms with Gasteiger partial charge in [0.05, 0.1) is 5.56 Å². The van der Waals surface area contributed by atoms with Crippen LogP contribution in [0.15, 0.2) is 24.3 Å². The van der Waals surface area contributed by atoms with Crippen LogP contribution in [0, 0.1) is 6.92 Å². The van der Waals surface area contributed by atoms with Gasteiger partial charge in [0.1, 0.15) is 15.9 Å². The Hall–Kier alpha value is -1.16. The molecular weight excluding hydrogens is 307 g/mol. The minimum absolute atomic E-state index is 0.368. The van der Waals surface area contributed by atoms with Crippen LogP contribution < -0.4 is 0 Å². The van der Waals surface area contributed by atoms with E-state index in [0.29, 0.717) is 28.3 Å². The zero-order chi connectivity index (χ0) is 15.0. The van der Waals surface area contributed by atoms with E-state index in [9.17, 15) is 0 Å². The number of nitrogens with zero attached hydrogens (tertiary/aromatic N) is 2. The van der Waals surface area contributed by atoms with Gasteiger partial charge in [0.25, 0.3) is 0 Å². The number of rotatable bonds is 2. The normalized spacial score (nSPS) is 21.7. The summed E-state index contributed by atoms with van der Waals surface area (Å²) in [5.74, 6) is 0.561. The number of hydrogen-bond acceptors (Lipinski definition) is 3. The fraction of sp³-hybridized carbons (Fsp3) is 0.375. The molecule has 0 bridgehead atoms. The molecule has 1 aromatic carbocycles. The Morgan fingerprint density at radius 1 is 1.19 bits per heavy atom. The molecule has 1 unspecified atom stereocenters. The third-order valence-corrected chi connectivity index (χ3v) is 4.37. The van der Waals surface area contributed by atoms with Crippen LogP contribution in [0.3, 0.4) is 0 Å². The van der Waals surface area contributed by atoms with Crippen LogP contribution in [0.4, 0.5) is 0 Å². The molecule has 2 aromatic rings. The zero-order valence-electron chi connectivity index (χ0n) is 12.0. The largest absolute Gasteiger partial charge is 0.367 e. The maximum Gasteiger partial charge on any atom is 0.163 e. The molecule has 0 spiro atoms. The molecule has 3 nitrogen and oxygen atoms in total. The number of aryl methyl sites for hydroxylation is 1.